The summed E-state index contributed by atoms with van der Waals surface area (Å²) in [5.41, 5.74) is 3.84. The topological polar surface area (TPSA) is 33.1 Å². The van der Waals surface area contributed by atoms with Crippen molar-refractivity contribution in [3.05, 3.63) is 41.1 Å². The molecule has 2 heterocycles. The number of anilines is 1. The summed E-state index contributed by atoms with van der Waals surface area (Å²) in [6.45, 7) is 2.95. The summed E-state index contributed by atoms with van der Waals surface area (Å²) in [5.74, 6) is 2.37. The average molecular weight is 316 g/mol. The lowest BCUT2D eigenvalue weighted by atomic mass is 10.0. The summed E-state index contributed by atoms with van der Waals surface area (Å²) in [7, 11) is 6.16. The first-order chi connectivity index (χ1) is 10.6. The summed E-state index contributed by atoms with van der Waals surface area (Å²) in [6, 6.07) is 9.19. The molecule has 0 radical (unpaired) electrons. The fraction of sp³-hybridized carbons (Fsp3) is 0.471. The lowest BCUT2D eigenvalue weighted by Gasteiger charge is -2.26. The van der Waals surface area contributed by atoms with Gasteiger partial charge in [0.1, 0.15) is 5.82 Å². The van der Waals surface area contributed by atoms with Gasteiger partial charge in [0.05, 0.1) is 5.69 Å². The normalized spacial score (nSPS) is 17.4. The molecule has 1 aliphatic rings. The van der Waals surface area contributed by atoms with E-state index in [2.05, 4.69) is 60.6 Å². The Balaban J connectivity index is 1.80. The van der Waals surface area contributed by atoms with Crippen molar-refractivity contribution in [1.29, 1.82) is 0 Å². The van der Waals surface area contributed by atoms with Gasteiger partial charge in [0.25, 0.3) is 0 Å². The highest BCUT2D eigenvalue weighted by Gasteiger charge is 2.21. The van der Waals surface area contributed by atoms with E-state index in [0.717, 1.165) is 12.2 Å². The van der Waals surface area contributed by atoms with Gasteiger partial charge in [-0.05, 0) is 30.7 Å². The predicted octanol–water partition coefficient (Wildman–Crippen LogP) is 3.12. The number of aryl methyl sites for hydroxylation is 2. The fourth-order valence-corrected chi connectivity index (χ4v) is 4.36. The van der Waals surface area contributed by atoms with Crippen molar-refractivity contribution in [2.24, 2.45) is 7.05 Å². The van der Waals surface area contributed by atoms with Gasteiger partial charge in [-0.2, -0.15) is 5.10 Å². The first kappa shape index (κ1) is 15.4. The second-order valence-corrected chi connectivity index (χ2v) is 7.15. The van der Waals surface area contributed by atoms with E-state index in [1.54, 1.807) is 0 Å². The van der Waals surface area contributed by atoms with E-state index in [-0.39, 0.29) is 0 Å². The number of nitrogens with zero attached hydrogens (tertiary/aromatic N) is 3. The van der Waals surface area contributed by atoms with Crippen LogP contribution in [0.15, 0.2) is 29.2 Å². The molecule has 0 amide bonds. The lowest BCUT2D eigenvalue weighted by Crippen LogP contribution is -2.25. The van der Waals surface area contributed by atoms with Crippen molar-refractivity contribution >= 4 is 17.6 Å². The monoisotopic (exact) mass is 316 g/mol. The average Bonchev–Trinajstić information content (AvgIpc) is 2.79. The zero-order valence-electron chi connectivity index (χ0n) is 13.8. The molecule has 0 bridgehead atoms. The third-order valence-corrected chi connectivity index (χ3v) is 5.34. The van der Waals surface area contributed by atoms with Gasteiger partial charge in [0, 0.05) is 44.2 Å². The smallest absolute Gasteiger partial charge is 0.130 e. The van der Waals surface area contributed by atoms with Gasteiger partial charge < -0.3 is 10.2 Å². The summed E-state index contributed by atoms with van der Waals surface area (Å²) >= 11 is 1.96. The Hall–Kier alpha value is -1.46. The third kappa shape index (κ3) is 2.88. The maximum absolute atomic E-state index is 4.57. The fourth-order valence-electron chi connectivity index (χ4n) is 3.24. The molecule has 4 nitrogen and oxygen atoms in total. The molecule has 0 fully saturated rings. The zero-order valence-corrected chi connectivity index (χ0v) is 14.6. The summed E-state index contributed by atoms with van der Waals surface area (Å²) in [4.78, 5) is 3.56. The van der Waals surface area contributed by atoms with Gasteiger partial charge in [-0.1, -0.05) is 18.2 Å². The number of rotatable bonds is 4. The number of aromatic nitrogens is 2. The molecule has 1 aromatic carbocycles. The molecule has 2 aromatic rings. The SMILES string of the molecule is Cc1nn(C)c(N(C)C)c1CN[C@@H]1CCSc2ccccc21. The van der Waals surface area contributed by atoms with Crippen LogP contribution in [0.5, 0.6) is 0 Å². The Morgan fingerprint density at radius 3 is 2.91 bits per heavy atom. The summed E-state index contributed by atoms with van der Waals surface area (Å²) in [6.07, 6.45) is 1.18. The number of nitrogens with one attached hydrogen (secondary N) is 1. The van der Waals surface area contributed by atoms with E-state index < -0.39 is 0 Å². The highest BCUT2D eigenvalue weighted by molar-refractivity contribution is 7.99. The molecule has 5 heteroatoms. The second-order valence-electron chi connectivity index (χ2n) is 6.01. The van der Waals surface area contributed by atoms with Crippen LogP contribution in [0.2, 0.25) is 0 Å². The van der Waals surface area contributed by atoms with Crippen LogP contribution in [0.25, 0.3) is 0 Å². The molecular weight excluding hydrogens is 292 g/mol. The van der Waals surface area contributed by atoms with Crippen molar-refractivity contribution < 1.29 is 0 Å². The number of benzene rings is 1. The number of thioether (sulfide) groups is 1. The number of hydrogen-bond acceptors (Lipinski definition) is 4. The summed E-state index contributed by atoms with van der Waals surface area (Å²) in [5, 5.41) is 8.32. The molecule has 118 valence electrons. The second kappa shape index (κ2) is 6.34. The van der Waals surface area contributed by atoms with Crippen LogP contribution in [-0.4, -0.2) is 29.6 Å². The van der Waals surface area contributed by atoms with E-state index >= 15 is 0 Å². The van der Waals surface area contributed by atoms with E-state index in [1.165, 1.54) is 34.0 Å². The van der Waals surface area contributed by atoms with Crippen LogP contribution in [0.1, 0.15) is 29.3 Å². The van der Waals surface area contributed by atoms with E-state index in [1.807, 2.05) is 23.5 Å². The molecule has 0 saturated carbocycles. The molecule has 1 atom stereocenters. The minimum atomic E-state index is 0.437. The molecule has 0 spiro atoms. The molecule has 1 aromatic heterocycles. The first-order valence-electron chi connectivity index (χ1n) is 7.73. The molecule has 0 aliphatic carbocycles. The highest BCUT2D eigenvalue weighted by atomic mass is 32.2. The van der Waals surface area contributed by atoms with Gasteiger partial charge >= 0.3 is 0 Å². The molecule has 1 N–H and O–H groups in total. The Morgan fingerprint density at radius 1 is 1.36 bits per heavy atom. The van der Waals surface area contributed by atoms with Crippen LogP contribution >= 0.6 is 11.8 Å². The van der Waals surface area contributed by atoms with Gasteiger partial charge in [0.15, 0.2) is 0 Å². The predicted molar refractivity (Wildman–Crippen MR) is 93.6 cm³/mol. The van der Waals surface area contributed by atoms with Crippen molar-refractivity contribution in [3.8, 4) is 0 Å². The van der Waals surface area contributed by atoms with Crippen molar-refractivity contribution in [3.63, 3.8) is 0 Å². The largest absolute Gasteiger partial charge is 0.363 e. The molecule has 22 heavy (non-hydrogen) atoms. The molecule has 0 unspecified atom stereocenters. The quantitative estimate of drug-likeness (QED) is 0.939. The molecule has 3 rings (SSSR count). The Bertz CT molecular complexity index is 663. The number of fused-ring (bicyclic) bond motifs is 1. The maximum atomic E-state index is 4.57. The van der Waals surface area contributed by atoms with Crippen LogP contribution in [0.3, 0.4) is 0 Å². The van der Waals surface area contributed by atoms with Gasteiger partial charge in [0.2, 0.25) is 0 Å². The van der Waals surface area contributed by atoms with E-state index in [4.69, 9.17) is 0 Å². The van der Waals surface area contributed by atoms with Gasteiger partial charge in [-0.25, -0.2) is 0 Å². The van der Waals surface area contributed by atoms with Gasteiger partial charge in [-0.15, -0.1) is 11.8 Å². The molecule has 1 aliphatic heterocycles. The van der Waals surface area contributed by atoms with Crippen LogP contribution in [0.4, 0.5) is 5.82 Å². The number of hydrogen-bond donors (Lipinski definition) is 1. The Morgan fingerprint density at radius 2 is 2.14 bits per heavy atom. The third-order valence-electron chi connectivity index (χ3n) is 4.22. The van der Waals surface area contributed by atoms with Crippen LogP contribution in [-0.2, 0) is 13.6 Å². The Kier molecular flexibility index (Phi) is 4.45. The first-order valence-corrected chi connectivity index (χ1v) is 8.71. The Labute approximate surface area is 136 Å². The van der Waals surface area contributed by atoms with Crippen LogP contribution in [0, 0.1) is 6.92 Å². The lowest BCUT2D eigenvalue weighted by molar-refractivity contribution is 0.509. The molecule has 0 saturated heterocycles. The minimum absolute atomic E-state index is 0.437. The zero-order chi connectivity index (χ0) is 15.7. The minimum Gasteiger partial charge on any atom is -0.363 e. The van der Waals surface area contributed by atoms with E-state index in [9.17, 15) is 0 Å². The van der Waals surface area contributed by atoms with Crippen molar-refractivity contribution in [2.75, 3.05) is 24.7 Å². The van der Waals surface area contributed by atoms with Crippen molar-refractivity contribution in [1.82, 2.24) is 15.1 Å². The van der Waals surface area contributed by atoms with Gasteiger partial charge in [-0.3, -0.25) is 4.68 Å². The standard InChI is InChI=1S/C17H24N4S/c1-12-14(17(20(2)3)21(4)19-12)11-18-15-9-10-22-16-8-6-5-7-13(15)16/h5-8,15,18H,9-11H2,1-4H3/t15-/m1/s1. The highest BCUT2D eigenvalue weighted by Crippen LogP contribution is 2.36. The summed E-state index contributed by atoms with van der Waals surface area (Å²) < 4.78 is 1.97. The molecular formula is C17H24N4S. The maximum Gasteiger partial charge on any atom is 0.130 e. The van der Waals surface area contributed by atoms with E-state index in [0.29, 0.717) is 6.04 Å². The van der Waals surface area contributed by atoms with Crippen LogP contribution < -0.4 is 10.2 Å². The van der Waals surface area contributed by atoms with Crippen molar-refractivity contribution in [2.45, 2.75) is 30.8 Å².